The predicted molar refractivity (Wildman–Crippen MR) is 106 cm³/mol. The number of ketones is 1. The first-order valence-electron chi connectivity index (χ1n) is 9.69. The van der Waals surface area contributed by atoms with Crippen LogP contribution in [-0.4, -0.2) is 16.7 Å². The standard InChI is InChI=1S/C23H24N2O2/c1-3-16-7-4-6-15(2)23(16)25-19-8-5-9-20(26)22(19)18(14-21(25)27)17-10-12-24-13-11-17/h4,6-7,10-13,18H,3,5,8-9,14H2,1-2H3. The van der Waals surface area contributed by atoms with Gasteiger partial charge in [-0.1, -0.05) is 25.1 Å². The molecule has 4 rings (SSSR count). The average molecular weight is 360 g/mol. The maximum Gasteiger partial charge on any atom is 0.232 e. The third-order valence-corrected chi connectivity index (χ3v) is 5.71. The van der Waals surface area contributed by atoms with E-state index in [0.717, 1.165) is 52.9 Å². The maximum atomic E-state index is 13.3. The summed E-state index contributed by atoms with van der Waals surface area (Å²) in [4.78, 5) is 32.2. The number of pyridine rings is 1. The molecule has 1 atom stereocenters. The molecule has 0 bridgehead atoms. The van der Waals surface area contributed by atoms with Crippen LogP contribution in [0.1, 0.15) is 55.2 Å². The summed E-state index contributed by atoms with van der Waals surface area (Å²) in [6.07, 6.45) is 6.78. The highest BCUT2D eigenvalue weighted by molar-refractivity contribution is 6.08. The SMILES string of the molecule is CCc1cccc(C)c1N1C(=O)CC(c2ccncc2)C2=C1CCCC2=O. The number of carbonyl (C=O) groups is 2. The summed E-state index contributed by atoms with van der Waals surface area (Å²) in [5, 5.41) is 0. The molecule has 0 spiro atoms. The van der Waals surface area contributed by atoms with Crippen molar-refractivity contribution in [2.75, 3.05) is 4.90 Å². The first-order chi connectivity index (χ1) is 13.1. The minimum Gasteiger partial charge on any atom is -0.294 e. The molecule has 2 aromatic rings. The van der Waals surface area contributed by atoms with E-state index in [-0.39, 0.29) is 17.6 Å². The minimum atomic E-state index is -0.159. The number of amides is 1. The average Bonchev–Trinajstić information content (AvgIpc) is 2.69. The molecular weight excluding hydrogens is 336 g/mol. The number of Topliss-reactive ketones (excluding diaryl/α,β-unsaturated/α-hetero) is 1. The Bertz CT molecular complexity index is 931. The van der Waals surface area contributed by atoms with E-state index in [2.05, 4.69) is 18.0 Å². The van der Waals surface area contributed by atoms with Gasteiger partial charge >= 0.3 is 0 Å². The van der Waals surface area contributed by atoms with Crippen molar-refractivity contribution in [2.45, 2.75) is 51.9 Å². The smallest absolute Gasteiger partial charge is 0.232 e. The van der Waals surface area contributed by atoms with Crippen LogP contribution in [0.2, 0.25) is 0 Å². The van der Waals surface area contributed by atoms with E-state index in [1.165, 1.54) is 0 Å². The Morgan fingerprint density at radius 2 is 1.89 bits per heavy atom. The maximum absolute atomic E-state index is 13.3. The molecule has 1 unspecified atom stereocenters. The van der Waals surface area contributed by atoms with Gasteiger partial charge in [-0.15, -0.1) is 0 Å². The lowest BCUT2D eigenvalue weighted by atomic mass is 9.77. The van der Waals surface area contributed by atoms with Crippen LogP contribution >= 0.6 is 0 Å². The van der Waals surface area contributed by atoms with Crippen LogP contribution in [0.3, 0.4) is 0 Å². The fraction of sp³-hybridized carbons (Fsp3) is 0.348. The zero-order chi connectivity index (χ0) is 19.0. The van der Waals surface area contributed by atoms with Crippen LogP contribution in [0.4, 0.5) is 5.69 Å². The van der Waals surface area contributed by atoms with Gasteiger partial charge in [0.25, 0.3) is 0 Å². The van der Waals surface area contributed by atoms with Crippen molar-refractivity contribution in [2.24, 2.45) is 0 Å². The second-order valence-electron chi connectivity index (χ2n) is 7.34. The molecule has 0 N–H and O–H groups in total. The number of para-hydroxylation sites is 1. The Labute approximate surface area is 159 Å². The summed E-state index contributed by atoms with van der Waals surface area (Å²) < 4.78 is 0. The first-order valence-corrected chi connectivity index (χ1v) is 9.69. The molecule has 0 fully saturated rings. The van der Waals surface area contributed by atoms with Gasteiger partial charge in [-0.05, 0) is 55.0 Å². The summed E-state index contributed by atoms with van der Waals surface area (Å²) >= 11 is 0. The number of aryl methyl sites for hydroxylation is 2. The second-order valence-corrected chi connectivity index (χ2v) is 7.34. The Kier molecular flexibility index (Phi) is 4.65. The van der Waals surface area contributed by atoms with Crippen LogP contribution < -0.4 is 4.90 Å². The third-order valence-electron chi connectivity index (χ3n) is 5.71. The molecule has 4 heteroatoms. The zero-order valence-electron chi connectivity index (χ0n) is 15.9. The molecule has 0 radical (unpaired) electrons. The van der Waals surface area contributed by atoms with Crippen molar-refractivity contribution in [3.05, 3.63) is 70.7 Å². The quantitative estimate of drug-likeness (QED) is 0.811. The number of hydrogen-bond donors (Lipinski definition) is 0. The lowest BCUT2D eigenvalue weighted by Crippen LogP contribution is -2.41. The van der Waals surface area contributed by atoms with E-state index >= 15 is 0 Å². The van der Waals surface area contributed by atoms with Gasteiger partial charge in [0.2, 0.25) is 5.91 Å². The van der Waals surface area contributed by atoms with Crippen LogP contribution in [0, 0.1) is 6.92 Å². The van der Waals surface area contributed by atoms with Gasteiger partial charge in [0, 0.05) is 42.4 Å². The van der Waals surface area contributed by atoms with Crippen molar-refractivity contribution in [3.63, 3.8) is 0 Å². The number of benzene rings is 1. The van der Waals surface area contributed by atoms with Crippen LogP contribution in [0.5, 0.6) is 0 Å². The fourth-order valence-corrected chi connectivity index (χ4v) is 4.46. The van der Waals surface area contributed by atoms with Gasteiger partial charge in [-0.2, -0.15) is 0 Å². The van der Waals surface area contributed by atoms with E-state index < -0.39 is 0 Å². The molecule has 138 valence electrons. The van der Waals surface area contributed by atoms with Crippen molar-refractivity contribution < 1.29 is 9.59 Å². The van der Waals surface area contributed by atoms with E-state index in [1.807, 2.05) is 36.1 Å². The molecule has 1 aromatic heterocycles. The number of anilines is 1. The van der Waals surface area contributed by atoms with Gasteiger partial charge < -0.3 is 0 Å². The van der Waals surface area contributed by atoms with Gasteiger partial charge in [-0.3, -0.25) is 19.5 Å². The molecule has 1 amide bonds. The topological polar surface area (TPSA) is 50.3 Å². The Morgan fingerprint density at radius 3 is 2.63 bits per heavy atom. The van der Waals surface area contributed by atoms with Crippen molar-refractivity contribution >= 4 is 17.4 Å². The minimum absolute atomic E-state index is 0.0780. The summed E-state index contributed by atoms with van der Waals surface area (Å²) in [5.41, 5.74) is 5.94. The van der Waals surface area contributed by atoms with E-state index in [1.54, 1.807) is 12.4 Å². The molecule has 2 heterocycles. The molecule has 27 heavy (non-hydrogen) atoms. The number of allylic oxidation sites excluding steroid dienone is 2. The lowest BCUT2D eigenvalue weighted by molar-refractivity contribution is -0.119. The molecule has 1 aromatic carbocycles. The molecule has 0 saturated carbocycles. The lowest BCUT2D eigenvalue weighted by Gasteiger charge is -2.39. The Hall–Kier alpha value is -2.75. The summed E-state index contributed by atoms with van der Waals surface area (Å²) in [7, 11) is 0. The van der Waals surface area contributed by atoms with E-state index in [4.69, 9.17) is 0 Å². The highest BCUT2D eigenvalue weighted by Crippen LogP contribution is 2.44. The third kappa shape index (κ3) is 2.99. The molecule has 1 aliphatic heterocycles. The molecule has 0 saturated heterocycles. The Balaban J connectivity index is 1.92. The largest absolute Gasteiger partial charge is 0.294 e. The summed E-state index contributed by atoms with van der Waals surface area (Å²) in [6.45, 7) is 4.15. The summed E-state index contributed by atoms with van der Waals surface area (Å²) in [6, 6.07) is 10.0. The molecule has 2 aliphatic rings. The van der Waals surface area contributed by atoms with Gasteiger partial charge in [0.15, 0.2) is 5.78 Å². The van der Waals surface area contributed by atoms with E-state index in [9.17, 15) is 9.59 Å². The van der Waals surface area contributed by atoms with Crippen molar-refractivity contribution in [1.29, 1.82) is 0 Å². The normalized spacial score (nSPS) is 20.1. The fourth-order valence-electron chi connectivity index (χ4n) is 4.46. The molecule has 1 aliphatic carbocycles. The zero-order valence-corrected chi connectivity index (χ0v) is 15.9. The number of carbonyl (C=O) groups excluding carboxylic acids is 2. The monoisotopic (exact) mass is 360 g/mol. The van der Waals surface area contributed by atoms with E-state index in [0.29, 0.717) is 12.8 Å². The number of nitrogens with zero attached hydrogens (tertiary/aromatic N) is 2. The van der Waals surface area contributed by atoms with Gasteiger partial charge in [0.1, 0.15) is 0 Å². The molecule has 4 nitrogen and oxygen atoms in total. The number of hydrogen-bond acceptors (Lipinski definition) is 3. The van der Waals surface area contributed by atoms with Crippen molar-refractivity contribution in [1.82, 2.24) is 4.98 Å². The predicted octanol–water partition coefficient (Wildman–Crippen LogP) is 4.48. The highest BCUT2D eigenvalue weighted by atomic mass is 16.2. The number of aromatic nitrogens is 1. The number of rotatable bonds is 3. The van der Waals surface area contributed by atoms with Crippen LogP contribution in [0.15, 0.2) is 54.0 Å². The van der Waals surface area contributed by atoms with Crippen molar-refractivity contribution in [3.8, 4) is 0 Å². The summed E-state index contributed by atoms with van der Waals surface area (Å²) in [5.74, 6) is 0.102. The highest BCUT2D eigenvalue weighted by Gasteiger charge is 2.40. The van der Waals surface area contributed by atoms with Gasteiger partial charge in [-0.25, -0.2) is 0 Å². The second kappa shape index (κ2) is 7.10. The van der Waals surface area contributed by atoms with Crippen LogP contribution in [0.25, 0.3) is 0 Å². The van der Waals surface area contributed by atoms with Crippen LogP contribution in [-0.2, 0) is 16.0 Å². The molecular formula is C23H24N2O2. The Morgan fingerprint density at radius 1 is 1.11 bits per heavy atom. The first kappa shape index (κ1) is 17.7. The van der Waals surface area contributed by atoms with Gasteiger partial charge in [0.05, 0.1) is 5.69 Å².